The molecule has 1 aromatic heterocycles. The second kappa shape index (κ2) is 10.1. The van der Waals surface area contributed by atoms with Crippen molar-refractivity contribution in [2.75, 3.05) is 6.61 Å². The fourth-order valence-corrected chi connectivity index (χ4v) is 3.50. The molecule has 1 saturated carbocycles. The molecule has 1 aliphatic rings. The number of benzene rings is 2. The Balaban J connectivity index is 1.56. The Morgan fingerprint density at radius 3 is 2.47 bits per heavy atom. The summed E-state index contributed by atoms with van der Waals surface area (Å²) in [6.07, 6.45) is 4.91. The molecule has 1 fully saturated rings. The zero-order chi connectivity index (χ0) is 24.1. The highest BCUT2D eigenvalue weighted by Crippen LogP contribution is 2.36. The average molecular weight is 480 g/mol. The van der Waals surface area contributed by atoms with Crippen molar-refractivity contribution in [2.24, 2.45) is 5.92 Å². The second-order valence-electron chi connectivity index (χ2n) is 7.69. The van der Waals surface area contributed by atoms with Gasteiger partial charge in [0.05, 0.1) is 6.61 Å². The molecule has 180 valence electrons. The highest BCUT2D eigenvalue weighted by atomic mass is 19.4. The van der Waals surface area contributed by atoms with E-state index in [0.29, 0.717) is 29.6 Å². The lowest BCUT2D eigenvalue weighted by Gasteiger charge is -2.26. The third kappa shape index (κ3) is 6.06. The molecule has 0 amide bonds. The molecular weight excluding hydrogens is 459 g/mol. The quantitative estimate of drug-likeness (QED) is 0.319. The van der Waals surface area contributed by atoms with E-state index in [1.165, 1.54) is 36.5 Å². The zero-order valence-electron chi connectivity index (χ0n) is 17.8. The van der Waals surface area contributed by atoms with Crippen molar-refractivity contribution in [1.29, 1.82) is 0 Å². The van der Waals surface area contributed by atoms with Gasteiger partial charge in [0, 0.05) is 23.6 Å². The third-order valence-corrected chi connectivity index (χ3v) is 5.34. The largest absolute Gasteiger partial charge is 0.573 e. The molecule has 0 N–H and O–H groups in total. The summed E-state index contributed by atoms with van der Waals surface area (Å²) in [4.78, 5) is 4.26. The highest BCUT2D eigenvalue weighted by Gasteiger charge is 2.31. The predicted octanol–water partition coefficient (Wildman–Crippen LogP) is 6.72. The van der Waals surface area contributed by atoms with Crippen LogP contribution in [0.1, 0.15) is 30.7 Å². The summed E-state index contributed by atoms with van der Waals surface area (Å²) < 4.78 is 79.0. The fourth-order valence-electron chi connectivity index (χ4n) is 3.50. The van der Waals surface area contributed by atoms with Crippen LogP contribution in [0, 0.1) is 5.92 Å². The van der Waals surface area contributed by atoms with Gasteiger partial charge in [-0.2, -0.15) is 8.78 Å². The fraction of sp³-hybridized carbons (Fsp3) is 0.292. The van der Waals surface area contributed by atoms with E-state index in [9.17, 15) is 22.0 Å². The van der Waals surface area contributed by atoms with Crippen LogP contribution in [0.4, 0.5) is 22.0 Å². The van der Waals surface area contributed by atoms with E-state index in [4.69, 9.17) is 4.74 Å². The molecule has 34 heavy (non-hydrogen) atoms. The van der Waals surface area contributed by atoms with Gasteiger partial charge >= 0.3 is 13.0 Å². The van der Waals surface area contributed by atoms with E-state index in [1.807, 2.05) is 0 Å². The first kappa shape index (κ1) is 23.6. The molecule has 0 radical (unpaired) electrons. The van der Waals surface area contributed by atoms with Gasteiger partial charge < -0.3 is 18.8 Å². The molecule has 2 aromatic carbocycles. The minimum absolute atomic E-state index is 0.0555. The topological polar surface area (TPSA) is 45.5 Å². The van der Waals surface area contributed by atoms with Crippen molar-refractivity contribution in [3.63, 3.8) is 0 Å². The lowest BCUT2D eigenvalue weighted by atomic mass is 9.86. The van der Waals surface area contributed by atoms with Crippen LogP contribution in [0.3, 0.4) is 0 Å². The molecule has 1 aliphatic carbocycles. The van der Waals surface area contributed by atoms with Gasteiger partial charge in [-0.05, 0) is 61.2 Å². The normalized spacial score (nSPS) is 14.4. The molecule has 0 atom stereocenters. The number of para-hydroxylation sites is 1. The number of nitrogens with zero attached hydrogens (tertiary/aromatic N) is 2. The maximum atomic E-state index is 12.9. The Labute approximate surface area is 192 Å². The van der Waals surface area contributed by atoms with Gasteiger partial charge in [-0.1, -0.05) is 18.6 Å². The van der Waals surface area contributed by atoms with Crippen LogP contribution < -0.4 is 14.2 Å². The Morgan fingerprint density at radius 2 is 1.82 bits per heavy atom. The van der Waals surface area contributed by atoms with Crippen LogP contribution >= 0.6 is 0 Å². The zero-order valence-corrected chi connectivity index (χ0v) is 17.8. The van der Waals surface area contributed by atoms with Gasteiger partial charge in [-0.15, -0.1) is 13.2 Å². The second-order valence-corrected chi connectivity index (χ2v) is 7.69. The van der Waals surface area contributed by atoms with Crippen LogP contribution in [0.15, 0.2) is 54.9 Å². The van der Waals surface area contributed by atoms with Gasteiger partial charge in [0.15, 0.2) is 11.5 Å². The summed E-state index contributed by atoms with van der Waals surface area (Å²) in [5.41, 5.74) is 1.09. The minimum Gasteiger partial charge on any atom is -0.489 e. The van der Waals surface area contributed by atoms with Crippen molar-refractivity contribution in [2.45, 2.75) is 32.2 Å². The molecule has 5 nitrogen and oxygen atoms in total. The first-order valence-electron chi connectivity index (χ1n) is 10.6. The van der Waals surface area contributed by atoms with E-state index in [2.05, 4.69) is 14.5 Å². The maximum Gasteiger partial charge on any atom is 0.573 e. The van der Waals surface area contributed by atoms with Gasteiger partial charge in [-0.25, -0.2) is 4.98 Å². The molecule has 0 spiro atoms. The number of imidazole rings is 1. The minimum atomic E-state index is -4.77. The molecule has 4 rings (SSSR count). The van der Waals surface area contributed by atoms with Crippen molar-refractivity contribution < 1.29 is 36.2 Å². The number of hydrogen-bond donors (Lipinski definition) is 0. The molecule has 10 heteroatoms. The number of aromatic nitrogens is 2. The number of hydrogen-bond acceptors (Lipinski definition) is 4. The summed E-state index contributed by atoms with van der Waals surface area (Å²) in [5.74, 6) is 0.685. The molecule has 3 aromatic rings. The Kier molecular flexibility index (Phi) is 7.04. The van der Waals surface area contributed by atoms with Crippen molar-refractivity contribution >= 4 is 12.2 Å². The van der Waals surface area contributed by atoms with Gasteiger partial charge in [-0.3, -0.25) is 0 Å². The number of ether oxygens (including phenoxy) is 3. The third-order valence-electron chi connectivity index (χ3n) is 5.34. The Morgan fingerprint density at radius 1 is 1.06 bits per heavy atom. The van der Waals surface area contributed by atoms with E-state index in [0.717, 1.165) is 19.3 Å². The van der Waals surface area contributed by atoms with Gasteiger partial charge in [0.1, 0.15) is 11.6 Å². The predicted molar refractivity (Wildman–Crippen MR) is 115 cm³/mol. The maximum absolute atomic E-state index is 12.9. The van der Waals surface area contributed by atoms with E-state index < -0.39 is 13.0 Å². The smallest absolute Gasteiger partial charge is 0.489 e. The number of halogens is 5. The highest BCUT2D eigenvalue weighted by molar-refractivity contribution is 5.73. The van der Waals surface area contributed by atoms with Crippen LogP contribution in [0.25, 0.3) is 17.8 Å². The molecule has 0 unspecified atom stereocenters. The van der Waals surface area contributed by atoms with Crippen LogP contribution in [0.5, 0.6) is 17.2 Å². The molecule has 0 aliphatic heterocycles. The standard InChI is InChI=1S/C24H21F5N2O3/c25-23(26)33-20-6-2-5-17(22(20)32-15-16-3-1-4-16)7-12-21-30-13-14-31(21)18-8-10-19(11-9-18)34-24(27,28)29/h2,5-14,16,23H,1,3-4,15H2. The number of alkyl halides is 5. The van der Waals surface area contributed by atoms with Crippen molar-refractivity contribution in [1.82, 2.24) is 9.55 Å². The first-order valence-corrected chi connectivity index (χ1v) is 10.6. The molecule has 0 bridgehead atoms. The van der Waals surface area contributed by atoms with Crippen molar-refractivity contribution in [3.05, 3.63) is 66.2 Å². The van der Waals surface area contributed by atoms with Crippen molar-refractivity contribution in [3.8, 4) is 22.9 Å². The molecular formula is C24H21F5N2O3. The molecule has 0 saturated heterocycles. The summed E-state index contributed by atoms with van der Waals surface area (Å²) in [6.45, 7) is -2.58. The lowest BCUT2D eigenvalue weighted by molar-refractivity contribution is -0.274. The summed E-state index contributed by atoms with van der Waals surface area (Å²) in [7, 11) is 0. The lowest BCUT2D eigenvalue weighted by Crippen LogP contribution is -2.20. The Bertz CT molecular complexity index is 1120. The average Bonchev–Trinajstić information content (AvgIpc) is 3.20. The van der Waals surface area contributed by atoms with Crippen LogP contribution in [-0.4, -0.2) is 29.1 Å². The SMILES string of the molecule is FC(F)Oc1cccc(C=Cc2nccn2-c2ccc(OC(F)(F)F)cc2)c1OCC1CCC1. The van der Waals surface area contributed by atoms with Crippen LogP contribution in [-0.2, 0) is 0 Å². The van der Waals surface area contributed by atoms with E-state index in [1.54, 1.807) is 35.0 Å². The summed E-state index contributed by atoms with van der Waals surface area (Å²) in [6, 6.07) is 10.0. The van der Waals surface area contributed by atoms with E-state index in [-0.39, 0.29) is 17.2 Å². The van der Waals surface area contributed by atoms with Crippen LogP contribution in [0.2, 0.25) is 0 Å². The monoisotopic (exact) mass is 480 g/mol. The summed E-state index contributed by atoms with van der Waals surface area (Å²) >= 11 is 0. The first-order chi connectivity index (χ1) is 16.3. The molecule has 1 heterocycles. The van der Waals surface area contributed by atoms with Gasteiger partial charge in [0.2, 0.25) is 0 Å². The van der Waals surface area contributed by atoms with Gasteiger partial charge in [0.25, 0.3) is 0 Å². The number of rotatable bonds is 9. The van der Waals surface area contributed by atoms with E-state index >= 15 is 0 Å². The Hall–Kier alpha value is -3.56. The summed E-state index contributed by atoms with van der Waals surface area (Å²) in [5, 5.41) is 0.